The number of non-ortho nitro benzene ring substituents is 1. The van der Waals surface area contributed by atoms with Gasteiger partial charge in [-0.15, -0.1) is 5.11 Å². The maximum absolute atomic E-state index is 11.3. The highest BCUT2D eigenvalue weighted by molar-refractivity contribution is 5.62. The van der Waals surface area contributed by atoms with E-state index in [1.54, 1.807) is 25.1 Å². The number of hydrogen-bond acceptors (Lipinski definition) is 10. The zero-order valence-corrected chi connectivity index (χ0v) is 19.1. The number of aryl methyl sites for hydroxylation is 1. The monoisotopic (exact) mass is 477 g/mol. The molecule has 12 heteroatoms. The second-order valence-corrected chi connectivity index (χ2v) is 7.38. The lowest BCUT2D eigenvalue weighted by Gasteiger charge is -2.21. The highest BCUT2D eigenvalue weighted by atomic mass is 16.6. The first-order valence-electron chi connectivity index (χ1n) is 10.6. The molecule has 0 saturated carbocycles. The summed E-state index contributed by atoms with van der Waals surface area (Å²) in [5.41, 5.74) is 2.42. The molecule has 0 unspecified atom stereocenters. The quantitative estimate of drug-likeness (QED) is 0.200. The molecule has 0 amide bonds. The number of nitrogens with zero attached hydrogens (tertiary/aromatic N) is 7. The first-order chi connectivity index (χ1) is 16.8. The molecule has 12 nitrogen and oxygen atoms in total. The topological polar surface area (TPSA) is 159 Å². The first-order valence-corrected chi connectivity index (χ1v) is 10.6. The van der Waals surface area contributed by atoms with Gasteiger partial charge in [0.1, 0.15) is 0 Å². The van der Waals surface area contributed by atoms with Crippen LogP contribution in [0.2, 0.25) is 0 Å². The molecule has 0 heterocycles. The molecule has 0 bridgehead atoms. The predicted octanol–water partition coefficient (Wildman–Crippen LogP) is 6.46. The van der Waals surface area contributed by atoms with E-state index in [-0.39, 0.29) is 12.3 Å². The summed E-state index contributed by atoms with van der Waals surface area (Å²) in [4.78, 5) is 22.7. The van der Waals surface area contributed by atoms with Crippen LogP contribution in [0.15, 0.2) is 81.1 Å². The van der Waals surface area contributed by atoms with Gasteiger partial charge >= 0.3 is 5.69 Å². The minimum Gasteiger partial charge on any atom is -0.395 e. The molecular formula is C23H23N7O5. The third-order valence-corrected chi connectivity index (χ3v) is 5.06. The Balaban J connectivity index is 1.75. The smallest absolute Gasteiger partial charge is 0.303 e. The van der Waals surface area contributed by atoms with Crippen molar-refractivity contribution in [3.8, 4) is 0 Å². The number of rotatable bonds is 10. The largest absolute Gasteiger partial charge is 0.395 e. The average Bonchev–Trinajstić information content (AvgIpc) is 2.85. The summed E-state index contributed by atoms with van der Waals surface area (Å²) < 4.78 is 0. The Morgan fingerprint density at radius 2 is 1.46 bits per heavy atom. The van der Waals surface area contributed by atoms with Gasteiger partial charge in [0.05, 0.1) is 39.6 Å². The summed E-state index contributed by atoms with van der Waals surface area (Å²) >= 11 is 0. The van der Waals surface area contributed by atoms with Crippen LogP contribution in [0.4, 0.5) is 39.8 Å². The van der Waals surface area contributed by atoms with Gasteiger partial charge in [0, 0.05) is 24.8 Å². The van der Waals surface area contributed by atoms with E-state index < -0.39 is 21.2 Å². The molecule has 3 rings (SSSR count). The number of hydrogen-bond donors (Lipinski definition) is 1. The standard InChI is InChI=1S/C23H23N7O5/c1-3-28(12-13-31)19-7-4-17(5-8-19)24-25-18-6-10-21(16(2)14-18)26-27-22-11-9-20(29(32)33)15-23(22)30(34)35/h4-11,14-15,31H,3,12-13H2,1-2H3/b25-24+,27-26+. The Morgan fingerprint density at radius 1 is 0.829 bits per heavy atom. The molecule has 0 spiro atoms. The van der Waals surface area contributed by atoms with Crippen LogP contribution in [-0.2, 0) is 0 Å². The van der Waals surface area contributed by atoms with Gasteiger partial charge in [0.25, 0.3) is 5.69 Å². The predicted molar refractivity (Wildman–Crippen MR) is 131 cm³/mol. The molecule has 35 heavy (non-hydrogen) atoms. The molecule has 0 radical (unpaired) electrons. The molecule has 0 aliphatic carbocycles. The fourth-order valence-corrected chi connectivity index (χ4v) is 3.21. The summed E-state index contributed by atoms with van der Waals surface area (Å²) in [7, 11) is 0. The van der Waals surface area contributed by atoms with E-state index in [9.17, 15) is 20.2 Å². The molecular weight excluding hydrogens is 454 g/mol. The van der Waals surface area contributed by atoms with Crippen LogP contribution in [0.5, 0.6) is 0 Å². The van der Waals surface area contributed by atoms with Crippen molar-refractivity contribution in [3.63, 3.8) is 0 Å². The molecule has 0 aromatic heterocycles. The minimum absolute atomic E-state index is 0.0784. The second-order valence-electron chi connectivity index (χ2n) is 7.38. The zero-order valence-electron chi connectivity index (χ0n) is 19.1. The van der Waals surface area contributed by atoms with Crippen LogP contribution >= 0.6 is 0 Å². The lowest BCUT2D eigenvalue weighted by atomic mass is 10.2. The minimum atomic E-state index is -0.739. The van der Waals surface area contributed by atoms with Crippen molar-refractivity contribution in [2.45, 2.75) is 13.8 Å². The molecule has 0 aliphatic rings. The lowest BCUT2D eigenvalue weighted by Crippen LogP contribution is -2.25. The van der Waals surface area contributed by atoms with Crippen LogP contribution in [0.1, 0.15) is 12.5 Å². The van der Waals surface area contributed by atoms with Gasteiger partial charge in [0.15, 0.2) is 5.69 Å². The number of aliphatic hydroxyl groups is 1. The highest BCUT2D eigenvalue weighted by Crippen LogP contribution is 2.33. The van der Waals surface area contributed by atoms with Crippen molar-refractivity contribution in [2.75, 3.05) is 24.6 Å². The van der Waals surface area contributed by atoms with Gasteiger partial charge in [-0.05, 0) is 67.9 Å². The molecule has 0 saturated heterocycles. The fourth-order valence-electron chi connectivity index (χ4n) is 3.21. The Bertz CT molecular complexity index is 1280. The highest BCUT2D eigenvalue weighted by Gasteiger charge is 2.19. The summed E-state index contributed by atoms with van der Waals surface area (Å²) in [6.07, 6.45) is 0. The Hall–Kier alpha value is -4.58. The molecule has 0 fully saturated rings. The van der Waals surface area contributed by atoms with Gasteiger partial charge in [-0.1, -0.05) is 0 Å². The summed E-state index contributed by atoms with van der Waals surface area (Å²) in [5, 5.41) is 47.7. The van der Waals surface area contributed by atoms with E-state index in [1.165, 1.54) is 6.07 Å². The van der Waals surface area contributed by atoms with Crippen molar-refractivity contribution in [2.24, 2.45) is 20.5 Å². The van der Waals surface area contributed by atoms with Crippen molar-refractivity contribution < 1.29 is 15.0 Å². The number of anilines is 1. The van der Waals surface area contributed by atoms with Crippen molar-refractivity contribution in [3.05, 3.63) is 86.5 Å². The SMILES string of the molecule is CCN(CCO)c1ccc(/N=N/c2ccc(/N=N/c3ccc([N+](=O)[O-])cc3[N+](=O)[O-])c(C)c2)cc1. The number of aliphatic hydroxyl groups excluding tert-OH is 1. The first kappa shape index (κ1) is 25.1. The lowest BCUT2D eigenvalue weighted by molar-refractivity contribution is -0.393. The molecule has 0 aliphatic heterocycles. The van der Waals surface area contributed by atoms with Gasteiger partial charge in [0.2, 0.25) is 0 Å². The Morgan fingerprint density at radius 3 is 2.06 bits per heavy atom. The molecule has 3 aromatic rings. The normalized spacial score (nSPS) is 11.3. The van der Waals surface area contributed by atoms with E-state index >= 15 is 0 Å². The van der Waals surface area contributed by atoms with Crippen LogP contribution in [-0.4, -0.2) is 34.6 Å². The molecule has 0 atom stereocenters. The second kappa shape index (κ2) is 11.5. The van der Waals surface area contributed by atoms with Crippen molar-refractivity contribution in [1.29, 1.82) is 0 Å². The molecule has 3 aromatic carbocycles. The van der Waals surface area contributed by atoms with Crippen LogP contribution in [0, 0.1) is 27.2 Å². The van der Waals surface area contributed by atoms with Crippen LogP contribution < -0.4 is 4.90 Å². The summed E-state index contributed by atoms with van der Waals surface area (Å²) in [6, 6.07) is 15.8. The molecule has 1 N–H and O–H groups in total. The van der Waals surface area contributed by atoms with E-state index in [2.05, 4.69) is 20.5 Å². The molecule has 180 valence electrons. The van der Waals surface area contributed by atoms with Gasteiger partial charge in [-0.25, -0.2) is 0 Å². The van der Waals surface area contributed by atoms with Crippen molar-refractivity contribution in [1.82, 2.24) is 0 Å². The van der Waals surface area contributed by atoms with Crippen molar-refractivity contribution >= 4 is 39.8 Å². The summed E-state index contributed by atoms with van der Waals surface area (Å²) in [6.45, 7) is 5.21. The third-order valence-electron chi connectivity index (χ3n) is 5.06. The number of nitro groups is 2. The number of benzene rings is 3. The maximum Gasteiger partial charge on any atom is 0.303 e. The van der Waals surface area contributed by atoms with Crippen LogP contribution in [0.25, 0.3) is 0 Å². The van der Waals surface area contributed by atoms with E-state index in [0.29, 0.717) is 29.2 Å². The number of likely N-dealkylation sites (N-methyl/N-ethyl adjacent to an activating group) is 1. The third kappa shape index (κ3) is 6.48. The maximum atomic E-state index is 11.3. The van der Waals surface area contributed by atoms with E-state index in [4.69, 9.17) is 5.11 Å². The Labute approximate surface area is 200 Å². The van der Waals surface area contributed by atoms with Gasteiger partial charge < -0.3 is 10.0 Å². The van der Waals surface area contributed by atoms with E-state index in [1.807, 2.05) is 36.1 Å². The number of azo groups is 2. The fraction of sp³-hybridized carbons (Fsp3) is 0.217. The number of nitro benzene ring substituents is 2. The average molecular weight is 477 g/mol. The summed E-state index contributed by atoms with van der Waals surface area (Å²) in [5.74, 6) is 0. The Kier molecular flexibility index (Phi) is 8.24. The zero-order chi connectivity index (χ0) is 25.4. The van der Waals surface area contributed by atoms with E-state index in [0.717, 1.165) is 24.4 Å². The van der Waals surface area contributed by atoms with Gasteiger partial charge in [-0.2, -0.15) is 15.3 Å². The van der Waals surface area contributed by atoms with Gasteiger partial charge in [-0.3, -0.25) is 20.2 Å². The van der Waals surface area contributed by atoms with Crippen LogP contribution in [0.3, 0.4) is 0 Å².